The Morgan fingerprint density at radius 3 is 2.81 bits per heavy atom. The molecule has 0 radical (unpaired) electrons. The maximum absolute atomic E-state index is 12.5. The van der Waals surface area contributed by atoms with Gasteiger partial charge in [0.25, 0.3) is 0 Å². The van der Waals surface area contributed by atoms with Crippen molar-refractivity contribution >= 4 is 5.91 Å². The lowest BCUT2D eigenvalue weighted by Crippen LogP contribution is -2.52. The highest BCUT2D eigenvalue weighted by molar-refractivity contribution is 5.79. The van der Waals surface area contributed by atoms with Crippen LogP contribution in [0.1, 0.15) is 28.9 Å². The normalized spacial score (nSPS) is 20.0. The van der Waals surface area contributed by atoms with E-state index in [1.165, 1.54) is 0 Å². The number of H-pyrrole nitrogens is 1. The van der Waals surface area contributed by atoms with Crippen LogP contribution in [0.15, 0.2) is 24.3 Å². The first-order valence-electron chi connectivity index (χ1n) is 8.81. The molecule has 7 heteroatoms. The van der Waals surface area contributed by atoms with Crippen molar-refractivity contribution in [3.63, 3.8) is 0 Å². The standard InChI is InChI=1S/C19H25N3O4/c1-12-16(13(2)22-21-12)9-19(24)20-17-11-25-8-7-18(17)26-15-5-3-14(10-23)4-6-15/h3-6,17-18,23H,7-11H2,1-2H3,(H,20,24)(H,21,22)/t17-,18-/m1/s1. The average Bonchev–Trinajstić information content (AvgIpc) is 2.96. The zero-order chi connectivity index (χ0) is 18.5. The second-order valence-electron chi connectivity index (χ2n) is 6.59. The smallest absolute Gasteiger partial charge is 0.224 e. The highest BCUT2D eigenvalue weighted by Gasteiger charge is 2.29. The molecule has 1 saturated heterocycles. The SMILES string of the molecule is Cc1n[nH]c(C)c1CC(=O)N[C@@H]1COCC[C@H]1Oc1ccc(CO)cc1. The molecule has 2 atom stereocenters. The monoisotopic (exact) mass is 359 g/mol. The summed E-state index contributed by atoms with van der Waals surface area (Å²) < 4.78 is 11.6. The fourth-order valence-electron chi connectivity index (χ4n) is 3.10. The van der Waals surface area contributed by atoms with Crippen LogP contribution in [-0.4, -0.2) is 46.6 Å². The quantitative estimate of drug-likeness (QED) is 0.725. The van der Waals surface area contributed by atoms with E-state index in [0.717, 1.165) is 28.3 Å². The number of nitrogens with one attached hydrogen (secondary N) is 2. The van der Waals surface area contributed by atoms with Gasteiger partial charge in [-0.05, 0) is 31.5 Å². The van der Waals surface area contributed by atoms with Gasteiger partial charge in [0.15, 0.2) is 0 Å². The average molecular weight is 359 g/mol. The second kappa shape index (κ2) is 8.33. The number of aliphatic hydroxyl groups excluding tert-OH is 1. The Balaban J connectivity index is 1.61. The molecule has 0 spiro atoms. The molecule has 1 aromatic carbocycles. The van der Waals surface area contributed by atoms with E-state index in [-0.39, 0.29) is 31.1 Å². The van der Waals surface area contributed by atoms with Gasteiger partial charge in [0.1, 0.15) is 11.9 Å². The molecule has 1 fully saturated rings. The third kappa shape index (κ3) is 4.42. The molecule has 140 valence electrons. The van der Waals surface area contributed by atoms with Crippen molar-refractivity contribution in [3.05, 3.63) is 46.8 Å². The molecule has 1 aromatic heterocycles. The molecule has 0 aliphatic carbocycles. The molecule has 2 aromatic rings. The Kier molecular flexibility index (Phi) is 5.90. The molecule has 0 bridgehead atoms. The van der Waals surface area contributed by atoms with Crippen LogP contribution < -0.4 is 10.1 Å². The lowest BCUT2D eigenvalue weighted by Gasteiger charge is -2.32. The van der Waals surface area contributed by atoms with Crippen LogP contribution in [0.25, 0.3) is 0 Å². The van der Waals surface area contributed by atoms with Gasteiger partial charge in [-0.1, -0.05) is 12.1 Å². The fourth-order valence-corrected chi connectivity index (χ4v) is 3.10. The third-order valence-electron chi connectivity index (χ3n) is 4.65. The highest BCUT2D eigenvalue weighted by atomic mass is 16.5. The van der Waals surface area contributed by atoms with Crippen molar-refractivity contribution in [1.29, 1.82) is 0 Å². The number of aliphatic hydroxyl groups is 1. The molecule has 26 heavy (non-hydrogen) atoms. The molecule has 0 saturated carbocycles. The van der Waals surface area contributed by atoms with Gasteiger partial charge in [0, 0.05) is 17.7 Å². The number of rotatable bonds is 6. The Bertz CT molecular complexity index is 722. The number of carbonyl (C=O) groups is 1. The molecule has 0 unspecified atom stereocenters. The molecule has 1 amide bonds. The molecule has 1 aliphatic heterocycles. The zero-order valence-corrected chi connectivity index (χ0v) is 15.1. The first-order valence-corrected chi connectivity index (χ1v) is 8.81. The van der Waals surface area contributed by atoms with E-state index in [1.807, 2.05) is 38.1 Å². The van der Waals surface area contributed by atoms with E-state index < -0.39 is 0 Å². The van der Waals surface area contributed by atoms with Gasteiger partial charge in [0.2, 0.25) is 5.91 Å². The Morgan fingerprint density at radius 2 is 2.15 bits per heavy atom. The van der Waals surface area contributed by atoms with Gasteiger partial charge in [-0.3, -0.25) is 9.89 Å². The summed E-state index contributed by atoms with van der Waals surface area (Å²) in [4.78, 5) is 12.5. The number of nitrogens with zero attached hydrogens (tertiary/aromatic N) is 1. The van der Waals surface area contributed by atoms with Crippen molar-refractivity contribution in [1.82, 2.24) is 15.5 Å². The highest BCUT2D eigenvalue weighted by Crippen LogP contribution is 2.19. The number of aromatic nitrogens is 2. The number of hydrogen-bond acceptors (Lipinski definition) is 5. The number of carbonyl (C=O) groups excluding carboxylic acids is 1. The van der Waals surface area contributed by atoms with Crippen LogP contribution in [0.3, 0.4) is 0 Å². The van der Waals surface area contributed by atoms with Crippen LogP contribution in [0.4, 0.5) is 0 Å². The second-order valence-corrected chi connectivity index (χ2v) is 6.59. The van der Waals surface area contributed by atoms with Crippen LogP contribution in [0.5, 0.6) is 5.75 Å². The fraction of sp³-hybridized carbons (Fsp3) is 0.474. The number of amides is 1. The minimum atomic E-state index is -0.207. The minimum Gasteiger partial charge on any atom is -0.488 e. The number of ether oxygens (including phenoxy) is 2. The van der Waals surface area contributed by atoms with Crippen LogP contribution in [0, 0.1) is 13.8 Å². The van der Waals surface area contributed by atoms with Gasteiger partial charge in [-0.25, -0.2) is 0 Å². The van der Waals surface area contributed by atoms with E-state index in [2.05, 4.69) is 15.5 Å². The predicted octanol–water partition coefficient (Wildman–Crippen LogP) is 1.41. The number of aromatic amines is 1. The number of hydrogen-bond donors (Lipinski definition) is 3. The molecular formula is C19H25N3O4. The van der Waals surface area contributed by atoms with Crippen molar-refractivity contribution in [2.45, 2.75) is 45.4 Å². The molecular weight excluding hydrogens is 334 g/mol. The summed E-state index contributed by atoms with van der Waals surface area (Å²) >= 11 is 0. The predicted molar refractivity (Wildman–Crippen MR) is 95.9 cm³/mol. The summed E-state index contributed by atoms with van der Waals surface area (Å²) in [6, 6.07) is 7.11. The van der Waals surface area contributed by atoms with Crippen molar-refractivity contribution in [3.8, 4) is 5.75 Å². The first-order chi connectivity index (χ1) is 12.6. The molecule has 7 nitrogen and oxygen atoms in total. The van der Waals surface area contributed by atoms with Crippen LogP contribution in [0.2, 0.25) is 0 Å². The lowest BCUT2D eigenvalue weighted by atomic mass is 10.0. The number of aryl methyl sites for hydroxylation is 2. The van der Waals surface area contributed by atoms with E-state index >= 15 is 0 Å². The molecule has 3 rings (SSSR count). The van der Waals surface area contributed by atoms with Crippen LogP contribution >= 0.6 is 0 Å². The van der Waals surface area contributed by atoms with Crippen molar-refractivity contribution in [2.24, 2.45) is 0 Å². The summed E-state index contributed by atoms with van der Waals surface area (Å²) in [5.74, 6) is 0.646. The lowest BCUT2D eigenvalue weighted by molar-refractivity contribution is -0.123. The molecule has 2 heterocycles. The van der Waals surface area contributed by atoms with Crippen molar-refractivity contribution in [2.75, 3.05) is 13.2 Å². The largest absolute Gasteiger partial charge is 0.488 e. The summed E-state index contributed by atoms with van der Waals surface area (Å²) in [6.45, 7) is 4.83. The molecule has 3 N–H and O–H groups in total. The minimum absolute atomic E-state index is 0.00305. The van der Waals surface area contributed by atoms with E-state index in [0.29, 0.717) is 19.6 Å². The van der Waals surface area contributed by atoms with Gasteiger partial charge in [-0.2, -0.15) is 5.10 Å². The van der Waals surface area contributed by atoms with E-state index in [1.54, 1.807) is 0 Å². The molecule has 1 aliphatic rings. The maximum atomic E-state index is 12.5. The zero-order valence-electron chi connectivity index (χ0n) is 15.1. The maximum Gasteiger partial charge on any atom is 0.224 e. The first kappa shape index (κ1) is 18.4. The van der Waals surface area contributed by atoms with E-state index in [4.69, 9.17) is 14.6 Å². The summed E-state index contributed by atoms with van der Waals surface area (Å²) in [7, 11) is 0. The van der Waals surface area contributed by atoms with Gasteiger partial charge in [-0.15, -0.1) is 0 Å². The Morgan fingerprint density at radius 1 is 1.38 bits per heavy atom. The Labute approximate surface area is 152 Å². The summed E-state index contributed by atoms with van der Waals surface area (Å²) in [5.41, 5.74) is 3.51. The van der Waals surface area contributed by atoms with Gasteiger partial charge >= 0.3 is 0 Å². The van der Waals surface area contributed by atoms with E-state index in [9.17, 15) is 4.79 Å². The third-order valence-corrected chi connectivity index (χ3v) is 4.65. The summed E-state index contributed by atoms with van der Waals surface area (Å²) in [5, 5.41) is 19.2. The Hall–Kier alpha value is -2.38. The van der Waals surface area contributed by atoms with Gasteiger partial charge < -0.3 is 19.9 Å². The summed E-state index contributed by atoms with van der Waals surface area (Å²) in [6.07, 6.45) is 0.832. The van der Waals surface area contributed by atoms with Crippen molar-refractivity contribution < 1.29 is 19.4 Å². The van der Waals surface area contributed by atoms with Gasteiger partial charge in [0.05, 0.1) is 38.0 Å². The topological polar surface area (TPSA) is 96.5 Å². The number of benzene rings is 1. The van der Waals surface area contributed by atoms with Crippen LogP contribution in [-0.2, 0) is 22.6 Å².